The molecule has 2 aliphatic rings. The van der Waals surface area contributed by atoms with Crippen LogP contribution in [0, 0.1) is 17.2 Å². The van der Waals surface area contributed by atoms with Crippen molar-refractivity contribution in [3.8, 4) is 6.07 Å². The number of nitrogens with one attached hydrogen (secondary N) is 3. The van der Waals surface area contributed by atoms with E-state index in [4.69, 9.17) is 14.7 Å². The number of hydrogen-bond donors (Lipinski definition) is 3. The summed E-state index contributed by atoms with van der Waals surface area (Å²) in [5.41, 5.74) is 0.214. The predicted octanol–water partition coefficient (Wildman–Crippen LogP) is 2.85. The molecular formula is C26H35N9O4. The fourth-order valence-corrected chi connectivity index (χ4v) is 4.43. The summed E-state index contributed by atoms with van der Waals surface area (Å²) in [6.45, 7) is 7.56. The second kappa shape index (κ2) is 12.7. The van der Waals surface area contributed by atoms with Crippen LogP contribution in [0.1, 0.15) is 62.6 Å². The van der Waals surface area contributed by atoms with Gasteiger partial charge in [0.2, 0.25) is 0 Å². The van der Waals surface area contributed by atoms with Gasteiger partial charge in [0.25, 0.3) is 5.91 Å². The number of anilines is 3. The molecular weight excluding hydrogens is 502 g/mol. The third kappa shape index (κ3) is 8.22. The van der Waals surface area contributed by atoms with Crippen molar-refractivity contribution < 1.29 is 19.1 Å². The summed E-state index contributed by atoms with van der Waals surface area (Å²) in [5.74, 6) is 0.866. The van der Waals surface area contributed by atoms with Gasteiger partial charge in [-0.15, -0.1) is 10.2 Å². The van der Waals surface area contributed by atoms with Crippen molar-refractivity contribution in [2.75, 3.05) is 43.4 Å². The Morgan fingerprint density at radius 3 is 2.64 bits per heavy atom. The maximum atomic E-state index is 13.1. The van der Waals surface area contributed by atoms with E-state index in [0.29, 0.717) is 56.0 Å². The first kappa shape index (κ1) is 28.0. The molecule has 0 aromatic carbocycles. The number of amides is 2. The fraction of sp³-hybridized carbons (Fsp3) is 0.577. The minimum Gasteiger partial charge on any atom is -0.444 e. The normalized spacial score (nSPS) is 17.8. The molecule has 1 atom stereocenters. The topological polar surface area (TPSA) is 167 Å². The Morgan fingerprint density at radius 1 is 1.15 bits per heavy atom. The molecule has 3 N–H and O–H groups in total. The van der Waals surface area contributed by atoms with E-state index in [0.717, 1.165) is 12.8 Å². The van der Waals surface area contributed by atoms with Crippen LogP contribution in [-0.4, -0.2) is 81.6 Å². The monoisotopic (exact) mass is 537 g/mol. The summed E-state index contributed by atoms with van der Waals surface area (Å²) >= 11 is 0. The Labute approximate surface area is 227 Å². The lowest BCUT2D eigenvalue weighted by molar-refractivity contribution is -0.0371. The van der Waals surface area contributed by atoms with Gasteiger partial charge < -0.3 is 30.3 Å². The van der Waals surface area contributed by atoms with Gasteiger partial charge in [0.05, 0.1) is 37.3 Å². The van der Waals surface area contributed by atoms with Gasteiger partial charge in [-0.2, -0.15) is 5.26 Å². The highest BCUT2D eigenvalue weighted by molar-refractivity contribution is 5.97. The van der Waals surface area contributed by atoms with Crippen LogP contribution >= 0.6 is 0 Å². The van der Waals surface area contributed by atoms with Crippen molar-refractivity contribution >= 4 is 29.3 Å². The molecule has 0 spiro atoms. The maximum Gasteiger partial charge on any atom is 0.410 e. The van der Waals surface area contributed by atoms with Crippen molar-refractivity contribution in [2.24, 2.45) is 5.92 Å². The zero-order valence-electron chi connectivity index (χ0n) is 22.6. The van der Waals surface area contributed by atoms with Gasteiger partial charge in [0.1, 0.15) is 17.5 Å². The average Bonchev–Trinajstić information content (AvgIpc) is 3.44. The van der Waals surface area contributed by atoms with Gasteiger partial charge in [-0.1, -0.05) is 12.8 Å². The molecule has 1 unspecified atom stereocenters. The number of rotatable bonds is 8. The quantitative estimate of drug-likeness (QED) is 0.453. The maximum absolute atomic E-state index is 13.1. The van der Waals surface area contributed by atoms with Gasteiger partial charge in [0.15, 0.2) is 17.2 Å². The molecule has 13 nitrogen and oxygen atoms in total. The number of morpholine rings is 1. The number of aromatic nitrogens is 4. The van der Waals surface area contributed by atoms with Crippen molar-refractivity contribution in [3.05, 3.63) is 29.8 Å². The van der Waals surface area contributed by atoms with Gasteiger partial charge in [0, 0.05) is 25.7 Å². The van der Waals surface area contributed by atoms with Crippen LogP contribution in [0.2, 0.25) is 0 Å². The van der Waals surface area contributed by atoms with E-state index in [9.17, 15) is 9.59 Å². The van der Waals surface area contributed by atoms with E-state index in [1.165, 1.54) is 25.2 Å². The summed E-state index contributed by atoms with van der Waals surface area (Å²) in [6, 6.07) is 3.58. The fourth-order valence-electron chi connectivity index (χ4n) is 4.43. The zero-order chi connectivity index (χ0) is 27.8. The summed E-state index contributed by atoms with van der Waals surface area (Å²) in [5, 5.41) is 26.5. The first-order chi connectivity index (χ1) is 18.7. The minimum absolute atomic E-state index is 0.157. The highest BCUT2D eigenvalue weighted by Gasteiger charge is 2.28. The molecule has 0 radical (unpaired) electrons. The number of ether oxygens (including phenoxy) is 2. The first-order valence-electron chi connectivity index (χ1n) is 13.2. The standard InChI is InChI=1S/C26H35N9O4/c1-26(2,3)39-25(37)35-8-9-38-19(16-35)14-29-20-10-21(32-22-15-28-18(11-27)13-30-22)33-34-23(20)24(36)31-12-17-6-4-5-7-17/h10,13,15,17,19H,4-9,12,14,16H2,1-3H3,(H,31,36)(H2,29,30,32,33). The summed E-state index contributed by atoms with van der Waals surface area (Å²) in [7, 11) is 0. The lowest BCUT2D eigenvalue weighted by Crippen LogP contribution is -2.49. The summed E-state index contributed by atoms with van der Waals surface area (Å²) < 4.78 is 11.4. The molecule has 39 heavy (non-hydrogen) atoms. The SMILES string of the molecule is CC(C)(C)OC(=O)N1CCOC(CNc2cc(Nc3cnc(C#N)cn3)nnc2C(=O)NCC2CCCC2)C1. The van der Waals surface area contributed by atoms with Gasteiger partial charge in [-0.3, -0.25) is 4.79 Å². The third-order valence-corrected chi connectivity index (χ3v) is 6.37. The Bertz CT molecular complexity index is 1190. The van der Waals surface area contributed by atoms with Crippen LogP contribution in [0.5, 0.6) is 0 Å². The van der Waals surface area contributed by atoms with Gasteiger partial charge in [-0.25, -0.2) is 14.8 Å². The summed E-state index contributed by atoms with van der Waals surface area (Å²) in [4.78, 5) is 35.4. The number of hydrogen-bond acceptors (Lipinski definition) is 11. The van der Waals surface area contributed by atoms with E-state index >= 15 is 0 Å². The zero-order valence-corrected chi connectivity index (χ0v) is 22.6. The molecule has 2 fully saturated rings. The highest BCUT2D eigenvalue weighted by Crippen LogP contribution is 2.24. The van der Waals surface area contributed by atoms with E-state index in [1.807, 2.05) is 26.8 Å². The van der Waals surface area contributed by atoms with Crippen LogP contribution in [0.3, 0.4) is 0 Å². The molecule has 4 rings (SSSR count). The van der Waals surface area contributed by atoms with Crippen LogP contribution in [0.4, 0.5) is 22.1 Å². The third-order valence-electron chi connectivity index (χ3n) is 6.37. The predicted molar refractivity (Wildman–Crippen MR) is 142 cm³/mol. The van der Waals surface area contributed by atoms with Crippen molar-refractivity contribution in [3.63, 3.8) is 0 Å². The second-order valence-corrected chi connectivity index (χ2v) is 10.7. The molecule has 3 heterocycles. The lowest BCUT2D eigenvalue weighted by atomic mass is 10.1. The minimum atomic E-state index is -0.588. The van der Waals surface area contributed by atoms with E-state index in [1.54, 1.807) is 11.0 Å². The molecule has 1 saturated heterocycles. The Hall–Kier alpha value is -4.05. The smallest absolute Gasteiger partial charge is 0.410 e. The molecule has 2 aromatic heterocycles. The molecule has 1 saturated carbocycles. The van der Waals surface area contributed by atoms with Crippen LogP contribution < -0.4 is 16.0 Å². The number of carbonyl (C=O) groups excluding carboxylic acids is 2. The Balaban J connectivity index is 1.45. The molecule has 208 valence electrons. The highest BCUT2D eigenvalue weighted by atomic mass is 16.6. The molecule has 1 aliphatic heterocycles. The van der Waals surface area contributed by atoms with E-state index < -0.39 is 5.60 Å². The van der Waals surface area contributed by atoms with Crippen LogP contribution in [0.25, 0.3) is 0 Å². The molecule has 0 bridgehead atoms. The largest absolute Gasteiger partial charge is 0.444 e. The van der Waals surface area contributed by atoms with Gasteiger partial charge >= 0.3 is 6.09 Å². The first-order valence-corrected chi connectivity index (χ1v) is 13.2. The lowest BCUT2D eigenvalue weighted by Gasteiger charge is -2.34. The molecule has 2 aromatic rings. The Kier molecular flexibility index (Phi) is 9.08. The number of nitrogens with zero attached hydrogens (tertiary/aromatic N) is 6. The number of carbonyl (C=O) groups is 2. The summed E-state index contributed by atoms with van der Waals surface area (Å²) in [6.07, 6.45) is 6.64. The second-order valence-electron chi connectivity index (χ2n) is 10.7. The Morgan fingerprint density at radius 2 is 1.95 bits per heavy atom. The van der Waals surface area contributed by atoms with Crippen molar-refractivity contribution in [1.29, 1.82) is 5.26 Å². The van der Waals surface area contributed by atoms with Crippen LogP contribution in [-0.2, 0) is 9.47 Å². The van der Waals surface area contributed by atoms with Gasteiger partial charge in [-0.05, 0) is 39.5 Å². The van der Waals surface area contributed by atoms with Crippen molar-refractivity contribution in [2.45, 2.75) is 58.2 Å². The van der Waals surface area contributed by atoms with E-state index in [2.05, 4.69) is 36.1 Å². The van der Waals surface area contributed by atoms with Crippen LogP contribution in [0.15, 0.2) is 18.5 Å². The molecule has 13 heteroatoms. The average molecular weight is 538 g/mol. The van der Waals surface area contributed by atoms with E-state index in [-0.39, 0.29) is 29.5 Å². The number of nitriles is 1. The molecule has 1 aliphatic carbocycles. The van der Waals surface area contributed by atoms with Crippen molar-refractivity contribution in [1.82, 2.24) is 30.4 Å². The molecule has 2 amide bonds.